The van der Waals surface area contributed by atoms with Gasteiger partial charge in [-0.15, -0.1) is 0 Å². The zero-order chi connectivity index (χ0) is 16.0. The third-order valence-electron chi connectivity index (χ3n) is 4.41. The molecule has 1 aliphatic heterocycles. The van der Waals surface area contributed by atoms with E-state index in [1.54, 1.807) is 6.07 Å². The molecular formula is C17H21FN4O. The number of rotatable bonds is 5. The number of hydrogen-bond donors (Lipinski definition) is 1. The van der Waals surface area contributed by atoms with Crippen molar-refractivity contribution in [3.05, 3.63) is 29.8 Å². The molecule has 0 radical (unpaired) electrons. The molecule has 5 nitrogen and oxygen atoms in total. The van der Waals surface area contributed by atoms with Gasteiger partial charge in [0, 0.05) is 17.8 Å². The van der Waals surface area contributed by atoms with Crippen LogP contribution in [0.4, 0.5) is 10.2 Å². The van der Waals surface area contributed by atoms with Crippen LogP contribution in [0.5, 0.6) is 0 Å². The molecule has 0 unspecified atom stereocenters. The van der Waals surface area contributed by atoms with Gasteiger partial charge >= 0.3 is 0 Å². The number of nitrogens with one attached hydrogen (secondary N) is 1. The molecule has 6 heteroatoms. The van der Waals surface area contributed by atoms with Gasteiger partial charge in [-0.25, -0.2) is 4.98 Å². The van der Waals surface area contributed by atoms with Crippen molar-refractivity contribution in [2.45, 2.75) is 44.7 Å². The van der Waals surface area contributed by atoms with Crippen molar-refractivity contribution in [3.8, 4) is 11.3 Å². The summed E-state index contributed by atoms with van der Waals surface area (Å²) in [5.74, 6) is 0.405. The molecule has 2 aromatic heterocycles. The maximum atomic E-state index is 14.5. The SMILES string of the molecule is CC(C)c1cn(C2COC2)nc1-c1ccc(NC2CC2)nc1F. The Labute approximate surface area is 134 Å². The normalized spacial score (nSPS) is 18.3. The predicted molar refractivity (Wildman–Crippen MR) is 86.0 cm³/mol. The van der Waals surface area contributed by atoms with E-state index in [2.05, 4.69) is 29.2 Å². The summed E-state index contributed by atoms with van der Waals surface area (Å²) in [7, 11) is 0. The Bertz CT molecular complexity index is 719. The number of hydrogen-bond acceptors (Lipinski definition) is 4. The Morgan fingerprint density at radius 1 is 1.30 bits per heavy atom. The van der Waals surface area contributed by atoms with E-state index in [0.717, 1.165) is 18.4 Å². The lowest BCUT2D eigenvalue weighted by atomic mass is 10.0. The molecule has 1 aliphatic carbocycles. The van der Waals surface area contributed by atoms with Gasteiger partial charge in [-0.2, -0.15) is 9.49 Å². The Morgan fingerprint density at radius 2 is 2.09 bits per heavy atom. The van der Waals surface area contributed by atoms with Crippen molar-refractivity contribution in [2.24, 2.45) is 0 Å². The van der Waals surface area contributed by atoms with Crippen molar-refractivity contribution in [3.63, 3.8) is 0 Å². The van der Waals surface area contributed by atoms with Gasteiger partial charge in [0.1, 0.15) is 11.5 Å². The van der Waals surface area contributed by atoms with Crippen LogP contribution in [-0.4, -0.2) is 34.0 Å². The van der Waals surface area contributed by atoms with Gasteiger partial charge in [0.15, 0.2) is 0 Å². The van der Waals surface area contributed by atoms with Gasteiger partial charge in [-0.1, -0.05) is 13.8 Å². The average molecular weight is 316 g/mol. The van der Waals surface area contributed by atoms with Gasteiger partial charge in [-0.3, -0.25) is 4.68 Å². The van der Waals surface area contributed by atoms with Gasteiger partial charge < -0.3 is 10.1 Å². The summed E-state index contributed by atoms with van der Waals surface area (Å²) >= 11 is 0. The standard InChI is InChI=1S/C17H21FN4O/c1-10(2)14-7-22(12-8-23-9-12)21-16(14)13-5-6-15(20-17(13)18)19-11-3-4-11/h5-7,10-12H,3-4,8-9H2,1-2H3,(H,19,20). The summed E-state index contributed by atoms with van der Waals surface area (Å²) in [6.07, 6.45) is 4.29. The van der Waals surface area contributed by atoms with Crippen molar-refractivity contribution in [1.29, 1.82) is 0 Å². The van der Waals surface area contributed by atoms with E-state index in [9.17, 15) is 4.39 Å². The molecule has 1 N–H and O–H groups in total. The molecule has 0 bridgehead atoms. The fourth-order valence-corrected chi connectivity index (χ4v) is 2.73. The molecule has 1 saturated carbocycles. The first kappa shape index (κ1) is 14.6. The Kier molecular flexibility index (Phi) is 3.56. The van der Waals surface area contributed by atoms with Crippen LogP contribution in [0.2, 0.25) is 0 Å². The van der Waals surface area contributed by atoms with E-state index < -0.39 is 5.95 Å². The monoisotopic (exact) mass is 316 g/mol. The number of nitrogens with zero attached hydrogens (tertiary/aromatic N) is 3. The van der Waals surface area contributed by atoms with Gasteiger partial charge in [0.2, 0.25) is 5.95 Å². The number of anilines is 1. The summed E-state index contributed by atoms with van der Waals surface area (Å²) < 4.78 is 21.7. The average Bonchev–Trinajstić information content (AvgIpc) is 3.14. The maximum absolute atomic E-state index is 14.5. The Balaban J connectivity index is 1.69. The Hall–Kier alpha value is -1.95. The van der Waals surface area contributed by atoms with Crippen molar-refractivity contribution >= 4 is 5.82 Å². The smallest absolute Gasteiger partial charge is 0.224 e. The van der Waals surface area contributed by atoms with E-state index in [-0.39, 0.29) is 12.0 Å². The van der Waals surface area contributed by atoms with Crippen LogP contribution < -0.4 is 5.32 Å². The van der Waals surface area contributed by atoms with Crippen LogP contribution in [0, 0.1) is 5.95 Å². The molecule has 0 spiro atoms. The fourth-order valence-electron chi connectivity index (χ4n) is 2.73. The quantitative estimate of drug-likeness (QED) is 0.860. The molecule has 0 amide bonds. The summed E-state index contributed by atoms with van der Waals surface area (Å²) in [6, 6.07) is 4.33. The summed E-state index contributed by atoms with van der Waals surface area (Å²) in [4.78, 5) is 4.07. The third-order valence-corrected chi connectivity index (χ3v) is 4.41. The largest absolute Gasteiger partial charge is 0.377 e. The molecule has 3 heterocycles. The number of aromatic nitrogens is 3. The van der Waals surface area contributed by atoms with Crippen LogP contribution in [0.3, 0.4) is 0 Å². The van der Waals surface area contributed by atoms with Gasteiger partial charge in [-0.05, 0) is 30.9 Å². The van der Waals surface area contributed by atoms with Crippen LogP contribution in [-0.2, 0) is 4.74 Å². The third kappa shape index (κ3) is 2.83. The highest BCUT2D eigenvalue weighted by Crippen LogP contribution is 2.32. The molecule has 0 atom stereocenters. The minimum absolute atomic E-state index is 0.257. The summed E-state index contributed by atoms with van der Waals surface area (Å²) in [5, 5.41) is 7.84. The van der Waals surface area contributed by atoms with Gasteiger partial charge in [0.05, 0.1) is 24.8 Å². The topological polar surface area (TPSA) is 52.0 Å². The molecular weight excluding hydrogens is 295 g/mol. The van der Waals surface area contributed by atoms with E-state index in [0.29, 0.717) is 36.3 Å². The minimum Gasteiger partial charge on any atom is -0.377 e. The molecule has 122 valence electrons. The van der Waals surface area contributed by atoms with Crippen molar-refractivity contribution in [1.82, 2.24) is 14.8 Å². The van der Waals surface area contributed by atoms with E-state index in [4.69, 9.17) is 4.74 Å². The number of pyridine rings is 1. The second kappa shape index (κ2) is 5.60. The Morgan fingerprint density at radius 3 is 2.65 bits per heavy atom. The molecule has 4 rings (SSSR count). The lowest BCUT2D eigenvalue weighted by Crippen LogP contribution is -2.30. The van der Waals surface area contributed by atoms with Crippen LogP contribution in [0.15, 0.2) is 18.3 Å². The lowest BCUT2D eigenvalue weighted by molar-refractivity contribution is -0.0285. The maximum Gasteiger partial charge on any atom is 0.224 e. The van der Waals surface area contributed by atoms with Crippen LogP contribution in [0.25, 0.3) is 11.3 Å². The predicted octanol–water partition coefficient (Wildman–Crippen LogP) is 3.35. The number of ether oxygens (including phenoxy) is 1. The second-order valence-electron chi connectivity index (χ2n) is 6.71. The van der Waals surface area contributed by atoms with Gasteiger partial charge in [0.25, 0.3) is 0 Å². The van der Waals surface area contributed by atoms with Crippen LogP contribution in [0.1, 0.15) is 44.2 Å². The molecule has 2 fully saturated rings. The highest BCUT2D eigenvalue weighted by atomic mass is 19.1. The van der Waals surface area contributed by atoms with Crippen molar-refractivity contribution < 1.29 is 9.13 Å². The fraction of sp³-hybridized carbons (Fsp3) is 0.529. The molecule has 0 aromatic carbocycles. The highest BCUT2D eigenvalue weighted by Gasteiger charge is 2.26. The number of halogens is 1. The first-order valence-electron chi connectivity index (χ1n) is 8.22. The first-order valence-corrected chi connectivity index (χ1v) is 8.22. The van der Waals surface area contributed by atoms with E-state index in [1.807, 2.05) is 16.9 Å². The molecule has 2 aromatic rings. The summed E-state index contributed by atoms with van der Waals surface area (Å²) in [5.41, 5.74) is 2.20. The minimum atomic E-state index is -0.465. The highest BCUT2D eigenvalue weighted by molar-refractivity contribution is 5.64. The zero-order valence-corrected chi connectivity index (χ0v) is 13.4. The zero-order valence-electron chi connectivity index (χ0n) is 13.4. The molecule has 2 aliphatic rings. The molecule has 1 saturated heterocycles. The van der Waals surface area contributed by atoms with E-state index in [1.165, 1.54) is 0 Å². The second-order valence-corrected chi connectivity index (χ2v) is 6.71. The van der Waals surface area contributed by atoms with Crippen LogP contribution >= 0.6 is 0 Å². The van der Waals surface area contributed by atoms with Crippen molar-refractivity contribution in [2.75, 3.05) is 18.5 Å². The first-order chi connectivity index (χ1) is 11.1. The molecule has 23 heavy (non-hydrogen) atoms. The lowest BCUT2D eigenvalue weighted by Gasteiger charge is -2.26. The van der Waals surface area contributed by atoms with E-state index >= 15 is 0 Å². The summed E-state index contributed by atoms with van der Waals surface area (Å²) in [6.45, 7) is 5.53.